The lowest BCUT2D eigenvalue weighted by molar-refractivity contribution is 0.488. The third-order valence-electron chi connectivity index (χ3n) is 3.53. The van der Waals surface area contributed by atoms with Gasteiger partial charge in [-0.05, 0) is 17.9 Å². The summed E-state index contributed by atoms with van der Waals surface area (Å²) in [6.45, 7) is 0.940. The number of nitrogens with zero attached hydrogens (tertiary/aromatic N) is 3. The Kier molecular flexibility index (Phi) is 2.77. The molecule has 1 aliphatic rings. The predicted octanol–water partition coefficient (Wildman–Crippen LogP) is 3.41. The van der Waals surface area contributed by atoms with Crippen LogP contribution in [0.3, 0.4) is 0 Å². The third-order valence-corrected chi connectivity index (χ3v) is 4.50. The van der Waals surface area contributed by atoms with Crippen molar-refractivity contribution in [2.45, 2.75) is 12.5 Å². The molecule has 0 saturated heterocycles. The van der Waals surface area contributed by atoms with Crippen LogP contribution < -0.4 is 5.32 Å². The van der Waals surface area contributed by atoms with Crippen LogP contribution in [0.2, 0.25) is 0 Å². The van der Waals surface area contributed by atoms with E-state index in [4.69, 9.17) is 5.10 Å². The van der Waals surface area contributed by atoms with Gasteiger partial charge in [-0.2, -0.15) is 4.98 Å². The van der Waals surface area contributed by atoms with Crippen molar-refractivity contribution in [3.8, 4) is 11.4 Å². The highest BCUT2D eigenvalue weighted by Crippen LogP contribution is 2.32. The Morgan fingerprint density at radius 2 is 2.05 bits per heavy atom. The first-order chi connectivity index (χ1) is 9.92. The Morgan fingerprint density at radius 1 is 1.15 bits per heavy atom. The molecule has 1 aliphatic heterocycles. The molecule has 1 atom stereocenters. The monoisotopic (exact) mass is 282 g/mol. The van der Waals surface area contributed by atoms with Gasteiger partial charge in [-0.25, -0.2) is 4.68 Å². The van der Waals surface area contributed by atoms with Crippen LogP contribution in [0.25, 0.3) is 11.4 Å². The van der Waals surface area contributed by atoms with Crippen molar-refractivity contribution in [1.29, 1.82) is 0 Å². The summed E-state index contributed by atoms with van der Waals surface area (Å²) in [5.74, 6) is 1.66. The fourth-order valence-corrected chi connectivity index (χ4v) is 3.40. The molecule has 1 aromatic carbocycles. The third kappa shape index (κ3) is 1.91. The maximum atomic E-state index is 4.71. The van der Waals surface area contributed by atoms with Gasteiger partial charge in [0.05, 0.1) is 6.04 Å². The van der Waals surface area contributed by atoms with Crippen LogP contribution in [-0.2, 0) is 0 Å². The number of anilines is 1. The lowest BCUT2D eigenvalue weighted by Crippen LogP contribution is -2.24. The van der Waals surface area contributed by atoms with E-state index in [0.717, 1.165) is 30.3 Å². The normalized spacial score (nSPS) is 17.5. The van der Waals surface area contributed by atoms with E-state index in [1.807, 2.05) is 35.0 Å². The predicted molar refractivity (Wildman–Crippen MR) is 81.0 cm³/mol. The van der Waals surface area contributed by atoms with Crippen LogP contribution in [0.5, 0.6) is 0 Å². The summed E-state index contributed by atoms with van der Waals surface area (Å²) >= 11 is 1.78. The van der Waals surface area contributed by atoms with E-state index in [-0.39, 0.29) is 0 Å². The molecule has 0 fully saturated rings. The molecule has 4 nitrogen and oxygen atoms in total. The second-order valence-electron chi connectivity index (χ2n) is 4.82. The van der Waals surface area contributed by atoms with Crippen LogP contribution >= 0.6 is 11.3 Å². The molecule has 0 saturated carbocycles. The molecule has 20 heavy (non-hydrogen) atoms. The van der Waals surface area contributed by atoms with Crippen molar-refractivity contribution < 1.29 is 0 Å². The molecule has 3 aromatic rings. The molecule has 0 radical (unpaired) electrons. The van der Waals surface area contributed by atoms with Gasteiger partial charge in [0.1, 0.15) is 0 Å². The first-order valence-electron chi connectivity index (χ1n) is 6.71. The number of rotatable bonds is 2. The Hall–Kier alpha value is -2.14. The van der Waals surface area contributed by atoms with E-state index >= 15 is 0 Å². The number of nitrogens with one attached hydrogen (secondary N) is 1. The molecule has 1 N–H and O–H groups in total. The molecular weight excluding hydrogens is 268 g/mol. The summed E-state index contributed by atoms with van der Waals surface area (Å²) in [4.78, 5) is 5.97. The maximum absolute atomic E-state index is 4.71. The molecule has 3 heterocycles. The zero-order valence-electron chi connectivity index (χ0n) is 10.9. The van der Waals surface area contributed by atoms with Crippen molar-refractivity contribution >= 4 is 17.3 Å². The smallest absolute Gasteiger partial charge is 0.222 e. The number of hydrogen-bond acceptors (Lipinski definition) is 4. The summed E-state index contributed by atoms with van der Waals surface area (Å²) in [6.07, 6.45) is 1.05. The van der Waals surface area contributed by atoms with Gasteiger partial charge >= 0.3 is 0 Å². The van der Waals surface area contributed by atoms with Gasteiger partial charge in [-0.1, -0.05) is 36.4 Å². The fourth-order valence-electron chi connectivity index (χ4n) is 2.56. The standard InChI is InChI=1S/C15H14N4S/c1-2-5-11(6-3-1)14-17-15-16-9-8-12(19(15)18-14)13-7-4-10-20-13/h1-7,10,12H,8-9H2,(H,16,17,18). The summed E-state index contributed by atoms with van der Waals surface area (Å²) in [5, 5.41) is 10.2. The quantitative estimate of drug-likeness (QED) is 0.783. The van der Waals surface area contributed by atoms with Gasteiger partial charge in [0, 0.05) is 17.0 Å². The number of hydrogen-bond donors (Lipinski definition) is 1. The van der Waals surface area contributed by atoms with Crippen LogP contribution in [0.15, 0.2) is 47.8 Å². The Labute approximate surface area is 121 Å². The van der Waals surface area contributed by atoms with Gasteiger partial charge < -0.3 is 5.32 Å². The van der Waals surface area contributed by atoms with E-state index in [9.17, 15) is 0 Å². The lowest BCUT2D eigenvalue weighted by atomic mass is 10.1. The molecule has 4 rings (SSSR count). The van der Waals surface area contributed by atoms with E-state index in [0.29, 0.717) is 6.04 Å². The molecule has 100 valence electrons. The van der Waals surface area contributed by atoms with Crippen LogP contribution in [-0.4, -0.2) is 21.3 Å². The average Bonchev–Trinajstić information content (AvgIpc) is 3.17. The summed E-state index contributed by atoms with van der Waals surface area (Å²) < 4.78 is 2.03. The van der Waals surface area contributed by atoms with E-state index in [1.165, 1.54) is 4.88 Å². The molecular formula is C15H14N4S. The van der Waals surface area contributed by atoms with Crippen molar-refractivity contribution in [2.75, 3.05) is 11.9 Å². The second-order valence-corrected chi connectivity index (χ2v) is 5.80. The van der Waals surface area contributed by atoms with Crippen LogP contribution in [0, 0.1) is 0 Å². The summed E-state index contributed by atoms with van der Waals surface area (Å²) in [5.41, 5.74) is 1.06. The summed E-state index contributed by atoms with van der Waals surface area (Å²) in [7, 11) is 0. The minimum Gasteiger partial charge on any atom is -0.354 e. The topological polar surface area (TPSA) is 42.7 Å². The molecule has 0 spiro atoms. The van der Waals surface area contributed by atoms with Crippen molar-refractivity contribution in [1.82, 2.24) is 14.8 Å². The van der Waals surface area contributed by atoms with Gasteiger partial charge in [0.25, 0.3) is 0 Å². The van der Waals surface area contributed by atoms with Gasteiger partial charge in [-0.15, -0.1) is 16.4 Å². The highest BCUT2D eigenvalue weighted by molar-refractivity contribution is 7.10. The first kappa shape index (κ1) is 11.7. The number of fused-ring (bicyclic) bond motifs is 1. The molecule has 0 bridgehead atoms. The molecule has 1 unspecified atom stereocenters. The molecule has 2 aromatic heterocycles. The van der Waals surface area contributed by atoms with Crippen LogP contribution in [0.4, 0.5) is 5.95 Å². The molecule has 0 aliphatic carbocycles. The van der Waals surface area contributed by atoms with Crippen molar-refractivity contribution in [3.05, 3.63) is 52.7 Å². The van der Waals surface area contributed by atoms with Gasteiger partial charge in [-0.3, -0.25) is 0 Å². The van der Waals surface area contributed by atoms with Crippen molar-refractivity contribution in [3.63, 3.8) is 0 Å². The van der Waals surface area contributed by atoms with E-state index < -0.39 is 0 Å². The Bertz CT molecular complexity index is 703. The SMILES string of the molecule is c1ccc(-c2nc3n(n2)C(c2cccs2)CCN3)cc1. The second kappa shape index (κ2) is 4.76. The van der Waals surface area contributed by atoms with E-state index in [2.05, 4.69) is 27.8 Å². The van der Waals surface area contributed by atoms with Crippen LogP contribution in [0.1, 0.15) is 17.3 Å². The first-order valence-corrected chi connectivity index (χ1v) is 7.59. The van der Waals surface area contributed by atoms with Gasteiger partial charge in [0.2, 0.25) is 5.95 Å². The lowest BCUT2D eigenvalue weighted by Gasteiger charge is -2.23. The highest BCUT2D eigenvalue weighted by atomic mass is 32.1. The zero-order chi connectivity index (χ0) is 13.4. The Morgan fingerprint density at radius 3 is 2.85 bits per heavy atom. The van der Waals surface area contributed by atoms with Gasteiger partial charge in [0.15, 0.2) is 5.82 Å². The number of benzene rings is 1. The van der Waals surface area contributed by atoms with Crippen molar-refractivity contribution in [2.24, 2.45) is 0 Å². The largest absolute Gasteiger partial charge is 0.354 e. The molecule has 0 amide bonds. The highest BCUT2D eigenvalue weighted by Gasteiger charge is 2.25. The number of aromatic nitrogens is 3. The Balaban J connectivity index is 1.78. The average molecular weight is 282 g/mol. The summed E-state index contributed by atoms with van der Waals surface area (Å²) in [6, 6.07) is 14.7. The van der Waals surface area contributed by atoms with E-state index in [1.54, 1.807) is 11.3 Å². The number of thiophene rings is 1. The maximum Gasteiger partial charge on any atom is 0.222 e. The minimum atomic E-state index is 0.302. The molecule has 5 heteroatoms. The fraction of sp³-hybridized carbons (Fsp3) is 0.200. The minimum absolute atomic E-state index is 0.302. The zero-order valence-corrected chi connectivity index (χ0v) is 11.7.